The van der Waals surface area contributed by atoms with Gasteiger partial charge in [0.25, 0.3) is 0 Å². The summed E-state index contributed by atoms with van der Waals surface area (Å²) < 4.78 is 37.2. The number of rotatable bonds is 7. The fourth-order valence-electron chi connectivity index (χ4n) is 1.65. The van der Waals surface area contributed by atoms with E-state index in [1.165, 1.54) is 26.4 Å². The molecule has 0 radical (unpaired) electrons. The highest BCUT2D eigenvalue weighted by molar-refractivity contribution is 8.13. The Bertz CT molecular complexity index is 599. The van der Waals surface area contributed by atoms with Crippen molar-refractivity contribution in [2.45, 2.75) is 6.92 Å². The molecule has 0 aliphatic rings. The summed E-state index contributed by atoms with van der Waals surface area (Å²) in [6, 6.07) is 4.66. The van der Waals surface area contributed by atoms with Crippen molar-refractivity contribution < 1.29 is 27.4 Å². The second-order valence-electron chi connectivity index (χ2n) is 4.48. The summed E-state index contributed by atoms with van der Waals surface area (Å²) in [7, 11) is 4.34. The van der Waals surface area contributed by atoms with Crippen LogP contribution in [-0.2, 0) is 13.8 Å². The zero-order valence-electron chi connectivity index (χ0n) is 12.0. The minimum atomic E-state index is -3.60. The number of carbonyl (C=O) groups is 1. The van der Waals surface area contributed by atoms with Crippen LogP contribution in [0.25, 0.3) is 0 Å². The van der Waals surface area contributed by atoms with E-state index in [0.717, 1.165) is 0 Å². The second kappa shape index (κ2) is 7.51. The van der Waals surface area contributed by atoms with Crippen LogP contribution in [0, 0.1) is 5.92 Å². The van der Waals surface area contributed by atoms with Gasteiger partial charge in [-0.1, -0.05) is 6.92 Å². The van der Waals surface area contributed by atoms with Gasteiger partial charge in [-0.2, -0.15) is 0 Å². The number of halogens is 1. The van der Waals surface area contributed by atoms with E-state index >= 15 is 0 Å². The van der Waals surface area contributed by atoms with Crippen LogP contribution in [0.1, 0.15) is 17.3 Å². The molecule has 0 N–H and O–H groups in total. The first-order valence-electron chi connectivity index (χ1n) is 6.08. The highest BCUT2D eigenvalue weighted by Crippen LogP contribution is 2.26. The molecule has 0 spiro atoms. The molecule has 118 valence electrons. The van der Waals surface area contributed by atoms with Crippen LogP contribution in [0.4, 0.5) is 0 Å². The van der Waals surface area contributed by atoms with Crippen molar-refractivity contribution in [3.05, 3.63) is 23.8 Å². The molecule has 0 bridgehead atoms. The quantitative estimate of drug-likeness (QED) is 0.560. The van der Waals surface area contributed by atoms with Crippen LogP contribution < -0.4 is 9.47 Å². The Morgan fingerprint density at radius 1 is 1.33 bits per heavy atom. The van der Waals surface area contributed by atoms with Crippen molar-refractivity contribution in [3.63, 3.8) is 0 Å². The lowest BCUT2D eigenvalue weighted by Crippen LogP contribution is -2.17. The van der Waals surface area contributed by atoms with Crippen molar-refractivity contribution in [1.29, 1.82) is 0 Å². The lowest BCUT2D eigenvalue weighted by atomic mass is 10.2. The molecule has 21 heavy (non-hydrogen) atoms. The van der Waals surface area contributed by atoms with Gasteiger partial charge in [0, 0.05) is 22.7 Å². The van der Waals surface area contributed by atoms with Crippen molar-refractivity contribution >= 4 is 25.7 Å². The Morgan fingerprint density at radius 2 is 2.00 bits per heavy atom. The van der Waals surface area contributed by atoms with Gasteiger partial charge in [0.05, 0.1) is 26.6 Å². The Kier molecular flexibility index (Phi) is 6.29. The van der Waals surface area contributed by atoms with Crippen LogP contribution in [-0.4, -0.2) is 41.0 Å². The fourth-order valence-corrected chi connectivity index (χ4v) is 3.07. The number of carbonyl (C=O) groups excluding carboxylic acids is 1. The summed E-state index contributed by atoms with van der Waals surface area (Å²) >= 11 is 0. The van der Waals surface area contributed by atoms with E-state index < -0.39 is 15.0 Å². The van der Waals surface area contributed by atoms with E-state index in [4.69, 9.17) is 20.2 Å². The molecule has 1 aromatic carbocycles. The van der Waals surface area contributed by atoms with Crippen LogP contribution in [0.3, 0.4) is 0 Å². The van der Waals surface area contributed by atoms with Gasteiger partial charge < -0.3 is 14.2 Å². The Balaban J connectivity index is 2.87. The van der Waals surface area contributed by atoms with E-state index in [-0.39, 0.29) is 29.6 Å². The molecular formula is C13H17ClO6S. The molecule has 1 rings (SSSR count). The van der Waals surface area contributed by atoms with Gasteiger partial charge in [-0.15, -0.1) is 0 Å². The summed E-state index contributed by atoms with van der Waals surface area (Å²) in [6.45, 7) is 1.76. The topological polar surface area (TPSA) is 78.9 Å². The summed E-state index contributed by atoms with van der Waals surface area (Å²) in [5.41, 5.74) is 0.235. The largest absolute Gasteiger partial charge is 0.497 e. The third-order valence-corrected chi connectivity index (χ3v) is 3.95. The standard InChI is InChI=1S/C13H17ClO6S/c1-9(8-21(14,16)17)7-20-12-6-10(18-2)4-5-11(12)13(15)19-3/h4-6,9H,7-8H2,1-3H3. The van der Waals surface area contributed by atoms with Gasteiger partial charge in [0.15, 0.2) is 0 Å². The average molecular weight is 337 g/mol. The van der Waals surface area contributed by atoms with Crippen LogP contribution in [0.2, 0.25) is 0 Å². The minimum Gasteiger partial charge on any atom is -0.497 e. The normalized spacial score (nSPS) is 12.6. The molecule has 1 unspecified atom stereocenters. The predicted molar refractivity (Wildman–Crippen MR) is 78.6 cm³/mol. The Hall–Kier alpha value is -1.47. The second-order valence-corrected chi connectivity index (χ2v) is 7.30. The third-order valence-electron chi connectivity index (χ3n) is 2.60. The molecule has 1 atom stereocenters. The van der Waals surface area contributed by atoms with E-state index in [2.05, 4.69) is 4.74 Å². The number of hydrogen-bond acceptors (Lipinski definition) is 6. The molecule has 1 aromatic rings. The van der Waals surface area contributed by atoms with Crippen molar-refractivity contribution in [2.75, 3.05) is 26.6 Å². The van der Waals surface area contributed by atoms with Crippen molar-refractivity contribution in [2.24, 2.45) is 5.92 Å². The highest BCUT2D eigenvalue weighted by atomic mass is 35.7. The number of methoxy groups -OCH3 is 2. The zero-order valence-corrected chi connectivity index (χ0v) is 13.5. The Labute approximate surface area is 128 Å². The predicted octanol–water partition coefficient (Wildman–Crippen LogP) is 2.07. The molecule has 0 amide bonds. The number of esters is 1. The van der Waals surface area contributed by atoms with Crippen LogP contribution in [0.5, 0.6) is 11.5 Å². The summed E-state index contributed by atoms with van der Waals surface area (Å²) in [5, 5.41) is 0. The van der Waals surface area contributed by atoms with E-state index in [0.29, 0.717) is 5.75 Å². The number of benzene rings is 1. The van der Waals surface area contributed by atoms with Gasteiger partial charge in [0.1, 0.15) is 17.1 Å². The molecule has 6 nitrogen and oxygen atoms in total. The smallest absolute Gasteiger partial charge is 0.341 e. The van der Waals surface area contributed by atoms with Gasteiger partial charge in [-0.25, -0.2) is 13.2 Å². The first-order chi connectivity index (χ1) is 9.76. The molecular weight excluding hydrogens is 320 g/mol. The zero-order chi connectivity index (χ0) is 16.0. The van der Waals surface area contributed by atoms with Crippen molar-refractivity contribution in [1.82, 2.24) is 0 Å². The molecule has 0 aliphatic carbocycles. The maximum Gasteiger partial charge on any atom is 0.341 e. The van der Waals surface area contributed by atoms with Gasteiger partial charge in [0.2, 0.25) is 9.05 Å². The van der Waals surface area contributed by atoms with Gasteiger partial charge in [-0.05, 0) is 12.1 Å². The summed E-state index contributed by atoms with van der Waals surface area (Å²) in [4.78, 5) is 11.6. The monoisotopic (exact) mass is 336 g/mol. The lowest BCUT2D eigenvalue weighted by Gasteiger charge is -2.14. The van der Waals surface area contributed by atoms with Crippen molar-refractivity contribution in [3.8, 4) is 11.5 Å². The van der Waals surface area contributed by atoms with E-state index in [1.807, 2.05) is 0 Å². The first kappa shape index (κ1) is 17.6. The van der Waals surface area contributed by atoms with Crippen LogP contribution in [0.15, 0.2) is 18.2 Å². The fraction of sp³-hybridized carbons (Fsp3) is 0.462. The van der Waals surface area contributed by atoms with E-state index in [1.54, 1.807) is 13.0 Å². The lowest BCUT2D eigenvalue weighted by molar-refractivity contribution is 0.0595. The van der Waals surface area contributed by atoms with Gasteiger partial charge in [-0.3, -0.25) is 0 Å². The molecule has 0 saturated carbocycles. The molecule has 0 fully saturated rings. The first-order valence-corrected chi connectivity index (χ1v) is 8.56. The molecule has 0 saturated heterocycles. The summed E-state index contributed by atoms with van der Waals surface area (Å²) in [6.07, 6.45) is 0. The summed E-state index contributed by atoms with van der Waals surface area (Å²) in [5.74, 6) is -0.323. The molecule has 0 aromatic heterocycles. The van der Waals surface area contributed by atoms with E-state index in [9.17, 15) is 13.2 Å². The number of hydrogen-bond donors (Lipinski definition) is 0. The third kappa shape index (κ3) is 5.81. The molecule has 0 heterocycles. The highest BCUT2D eigenvalue weighted by Gasteiger charge is 2.17. The Morgan fingerprint density at radius 3 is 2.52 bits per heavy atom. The molecule has 8 heteroatoms. The maximum absolute atomic E-state index is 11.6. The average Bonchev–Trinajstić information content (AvgIpc) is 2.42. The van der Waals surface area contributed by atoms with Gasteiger partial charge >= 0.3 is 5.97 Å². The molecule has 0 aliphatic heterocycles. The minimum absolute atomic E-state index is 0.0864. The maximum atomic E-state index is 11.6. The number of ether oxygens (including phenoxy) is 3. The SMILES string of the molecule is COC(=O)c1ccc(OC)cc1OCC(C)CS(=O)(=O)Cl. The van der Waals surface area contributed by atoms with Crippen LogP contribution >= 0.6 is 10.7 Å².